The van der Waals surface area contributed by atoms with Gasteiger partial charge in [0.05, 0.1) is 6.42 Å². The molecule has 7 heteroatoms. The minimum atomic E-state index is -0.630. The average Bonchev–Trinajstić information content (AvgIpc) is 2.62. The van der Waals surface area contributed by atoms with Gasteiger partial charge in [-0.05, 0) is 42.3 Å². The zero-order valence-corrected chi connectivity index (χ0v) is 16.7. The number of carbonyl (C=O) groups excluding carboxylic acids is 2. The Morgan fingerprint density at radius 3 is 2.23 bits per heavy atom. The van der Waals surface area contributed by atoms with E-state index < -0.39 is 6.04 Å². The van der Waals surface area contributed by atoms with E-state index in [4.69, 9.17) is 34.8 Å². The fourth-order valence-corrected chi connectivity index (χ4v) is 3.11. The molecule has 2 aromatic rings. The van der Waals surface area contributed by atoms with Crippen molar-refractivity contribution in [3.63, 3.8) is 0 Å². The zero-order chi connectivity index (χ0) is 19.3. The van der Waals surface area contributed by atoms with Crippen LogP contribution in [0.25, 0.3) is 0 Å². The maximum Gasteiger partial charge on any atom is 0.242 e. The molecule has 1 unspecified atom stereocenters. The third-order valence-electron chi connectivity index (χ3n) is 4.04. The first-order valence-electron chi connectivity index (χ1n) is 8.01. The summed E-state index contributed by atoms with van der Waals surface area (Å²) in [6, 6.07) is 11.5. The van der Waals surface area contributed by atoms with Crippen molar-refractivity contribution in [2.45, 2.75) is 25.9 Å². The van der Waals surface area contributed by atoms with Crippen molar-refractivity contribution in [1.82, 2.24) is 10.2 Å². The fourth-order valence-electron chi connectivity index (χ4n) is 2.51. The number of halogens is 3. The monoisotopic (exact) mass is 412 g/mol. The normalized spacial score (nSPS) is 11.7. The van der Waals surface area contributed by atoms with Crippen molar-refractivity contribution in [2.75, 3.05) is 7.05 Å². The van der Waals surface area contributed by atoms with E-state index in [9.17, 15) is 9.59 Å². The highest BCUT2D eigenvalue weighted by Gasteiger charge is 2.26. The Labute approximate surface area is 168 Å². The topological polar surface area (TPSA) is 49.4 Å². The molecule has 0 heterocycles. The van der Waals surface area contributed by atoms with Crippen molar-refractivity contribution in [2.24, 2.45) is 0 Å². The van der Waals surface area contributed by atoms with Gasteiger partial charge in [-0.2, -0.15) is 0 Å². The van der Waals surface area contributed by atoms with Gasteiger partial charge in [0.1, 0.15) is 6.04 Å². The second kappa shape index (κ2) is 9.26. The summed E-state index contributed by atoms with van der Waals surface area (Å²) in [5, 5.41) is 4.11. The van der Waals surface area contributed by atoms with E-state index in [0.29, 0.717) is 20.6 Å². The number of amides is 2. The van der Waals surface area contributed by atoms with Crippen LogP contribution < -0.4 is 5.32 Å². The molecular formula is C19H19Cl3N2O2. The number of likely N-dealkylation sites (N-methyl/N-ethyl adjacent to an activating group) is 1. The van der Waals surface area contributed by atoms with Crippen molar-refractivity contribution >= 4 is 46.6 Å². The smallest absolute Gasteiger partial charge is 0.242 e. The Bertz CT molecular complexity index is 794. The van der Waals surface area contributed by atoms with E-state index in [1.807, 2.05) is 12.1 Å². The molecule has 26 heavy (non-hydrogen) atoms. The second-order valence-corrected chi connectivity index (χ2v) is 7.13. The standard InChI is InChI=1S/C19H19Cl3N2O2/c1-12(19(26)23-2)24(11-13-3-6-15(20)7-4-13)18(25)9-14-5-8-16(21)10-17(14)22/h3-8,10,12H,9,11H2,1-2H3,(H,23,26). The number of nitrogens with zero attached hydrogens (tertiary/aromatic N) is 1. The van der Waals surface area contributed by atoms with Gasteiger partial charge in [0.2, 0.25) is 11.8 Å². The minimum Gasteiger partial charge on any atom is -0.357 e. The molecule has 0 aliphatic rings. The molecule has 138 valence electrons. The number of nitrogens with one attached hydrogen (secondary N) is 1. The maximum absolute atomic E-state index is 12.9. The van der Waals surface area contributed by atoms with Gasteiger partial charge in [-0.1, -0.05) is 53.0 Å². The first kappa shape index (κ1) is 20.6. The highest BCUT2D eigenvalue weighted by atomic mass is 35.5. The third-order valence-corrected chi connectivity index (χ3v) is 4.88. The van der Waals surface area contributed by atoms with Gasteiger partial charge in [0, 0.05) is 28.7 Å². The van der Waals surface area contributed by atoms with Gasteiger partial charge in [-0.15, -0.1) is 0 Å². The Balaban J connectivity index is 2.25. The minimum absolute atomic E-state index is 0.0743. The van der Waals surface area contributed by atoms with Crippen molar-refractivity contribution in [3.8, 4) is 0 Å². The molecule has 2 aromatic carbocycles. The summed E-state index contributed by atoms with van der Waals surface area (Å²) < 4.78 is 0. The van der Waals surface area contributed by atoms with Crippen LogP contribution in [0.3, 0.4) is 0 Å². The maximum atomic E-state index is 12.9. The van der Waals surface area contributed by atoms with E-state index in [-0.39, 0.29) is 24.8 Å². The Morgan fingerprint density at radius 1 is 1.04 bits per heavy atom. The molecule has 0 fully saturated rings. The van der Waals surface area contributed by atoms with Gasteiger partial charge in [0.25, 0.3) is 0 Å². The lowest BCUT2D eigenvalue weighted by Gasteiger charge is -2.28. The van der Waals surface area contributed by atoms with Crippen LogP contribution in [-0.4, -0.2) is 29.8 Å². The molecule has 1 N–H and O–H groups in total. The largest absolute Gasteiger partial charge is 0.357 e. The highest BCUT2D eigenvalue weighted by molar-refractivity contribution is 6.35. The molecule has 0 spiro atoms. The van der Waals surface area contributed by atoms with E-state index in [2.05, 4.69) is 5.32 Å². The van der Waals surface area contributed by atoms with Crippen LogP contribution in [0.15, 0.2) is 42.5 Å². The summed E-state index contributed by atoms with van der Waals surface area (Å²) in [5.41, 5.74) is 1.53. The van der Waals surface area contributed by atoms with E-state index in [0.717, 1.165) is 5.56 Å². The molecular weight excluding hydrogens is 395 g/mol. The first-order valence-corrected chi connectivity index (χ1v) is 9.14. The van der Waals surface area contributed by atoms with E-state index in [1.165, 1.54) is 4.90 Å². The summed E-state index contributed by atoms with van der Waals surface area (Å²) in [5.74, 6) is -0.449. The molecule has 4 nitrogen and oxygen atoms in total. The van der Waals surface area contributed by atoms with Crippen LogP contribution in [0.4, 0.5) is 0 Å². The lowest BCUT2D eigenvalue weighted by atomic mass is 10.1. The molecule has 1 atom stereocenters. The second-order valence-electron chi connectivity index (χ2n) is 5.85. The van der Waals surface area contributed by atoms with Crippen molar-refractivity contribution in [3.05, 3.63) is 68.7 Å². The Hall–Kier alpha value is -1.75. The molecule has 0 aromatic heterocycles. The SMILES string of the molecule is CNC(=O)C(C)N(Cc1ccc(Cl)cc1)C(=O)Cc1ccc(Cl)cc1Cl. The van der Waals surface area contributed by atoms with Gasteiger partial charge in [-0.25, -0.2) is 0 Å². The first-order chi connectivity index (χ1) is 12.3. The fraction of sp³-hybridized carbons (Fsp3) is 0.263. The number of carbonyl (C=O) groups is 2. The van der Waals surface area contributed by atoms with Gasteiger partial charge >= 0.3 is 0 Å². The molecule has 0 aliphatic carbocycles. The number of benzene rings is 2. The van der Waals surface area contributed by atoms with Crippen LogP contribution >= 0.6 is 34.8 Å². The lowest BCUT2D eigenvalue weighted by molar-refractivity contribution is -0.139. The quantitative estimate of drug-likeness (QED) is 0.765. The summed E-state index contributed by atoms with van der Waals surface area (Å²) in [6.07, 6.45) is 0.0743. The number of hydrogen-bond donors (Lipinski definition) is 1. The van der Waals surface area contributed by atoms with Crippen molar-refractivity contribution < 1.29 is 9.59 Å². The van der Waals surface area contributed by atoms with Crippen LogP contribution in [-0.2, 0) is 22.6 Å². The molecule has 2 rings (SSSR count). The average molecular weight is 414 g/mol. The van der Waals surface area contributed by atoms with Gasteiger partial charge in [0.15, 0.2) is 0 Å². The van der Waals surface area contributed by atoms with E-state index >= 15 is 0 Å². The van der Waals surface area contributed by atoms with Gasteiger partial charge in [-0.3, -0.25) is 9.59 Å². The van der Waals surface area contributed by atoms with Crippen LogP contribution in [0.1, 0.15) is 18.1 Å². The van der Waals surface area contributed by atoms with Crippen molar-refractivity contribution in [1.29, 1.82) is 0 Å². The van der Waals surface area contributed by atoms with Crippen LogP contribution in [0.2, 0.25) is 15.1 Å². The van der Waals surface area contributed by atoms with Crippen LogP contribution in [0, 0.1) is 0 Å². The molecule has 0 bridgehead atoms. The highest BCUT2D eigenvalue weighted by Crippen LogP contribution is 2.23. The summed E-state index contributed by atoms with van der Waals surface area (Å²) in [7, 11) is 1.54. The number of rotatable bonds is 6. The summed E-state index contributed by atoms with van der Waals surface area (Å²) in [6.45, 7) is 1.98. The number of hydrogen-bond acceptors (Lipinski definition) is 2. The van der Waals surface area contributed by atoms with E-state index in [1.54, 1.807) is 44.3 Å². The van der Waals surface area contributed by atoms with Crippen LogP contribution in [0.5, 0.6) is 0 Å². The molecule has 2 amide bonds. The summed E-state index contributed by atoms with van der Waals surface area (Å²) in [4.78, 5) is 26.5. The molecule has 0 radical (unpaired) electrons. The molecule has 0 saturated heterocycles. The molecule has 0 aliphatic heterocycles. The predicted molar refractivity (Wildman–Crippen MR) is 106 cm³/mol. The Morgan fingerprint density at radius 2 is 1.65 bits per heavy atom. The third kappa shape index (κ3) is 5.37. The summed E-state index contributed by atoms with van der Waals surface area (Å²) >= 11 is 18.0. The zero-order valence-electron chi connectivity index (χ0n) is 14.4. The lowest BCUT2D eigenvalue weighted by Crippen LogP contribution is -2.47. The molecule has 0 saturated carbocycles. The predicted octanol–water partition coefficient (Wildman–Crippen LogP) is 4.35. The van der Waals surface area contributed by atoms with Gasteiger partial charge < -0.3 is 10.2 Å². The Kier molecular flexibility index (Phi) is 7.33.